The summed E-state index contributed by atoms with van der Waals surface area (Å²) >= 11 is 0. The van der Waals surface area contributed by atoms with E-state index in [0.717, 1.165) is 19.2 Å². The minimum absolute atomic E-state index is 0. The van der Waals surface area contributed by atoms with E-state index in [-0.39, 0.29) is 68.9 Å². The van der Waals surface area contributed by atoms with Gasteiger partial charge in [-0.05, 0) is 12.1 Å². The molecule has 0 aliphatic carbocycles. The van der Waals surface area contributed by atoms with Crippen LogP contribution in [0.1, 0.15) is 0 Å². The Bertz CT molecular complexity index is 562. The maximum absolute atomic E-state index is 11.2. The topological polar surface area (TPSA) is 101 Å². The van der Waals surface area contributed by atoms with Crippen LogP contribution in [0.3, 0.4) is 0 Å². The van der Waals surface area contributed by atoms with Gasteiger partial charge in [0.05, 0.1) is 12.0 Å². The molecule has 0 saturated heterocycles. The third-order valence-corrected chi connectivity index (χ3v) is 3.96. The van der Waals surface area contributed by atoms with Crippen molar-refractivity contribution >= 4 is 20.2 Å². The van der Waals surface area contributed by atoms with Crippen LogP contribution in [0.4, 0.5) is 0 Å². The molecule has 0 radical (unpaired) electrons. The molecule has 0 aliphatic rings. The van der Waals surface area contributed by atoms with E-state index in [1.54, 1.807) is 0 Å². The molecule has 9 heteroatoms. The summed E-state index contributed by atoms with van der Waals surface area (Å²) in [5.41, 5.74) is 0. The van der Waals surface area contributed by atoms with Crippen LogP contribution < -0.4 is 68.9 Å². The Morgan fingerprint density at radius 3 is 1.88 bits per heavy atom. The van der Waals surface area contributed by atoms with Crippen molar-refractivity contribution in [2.75, 3.05) is 7.11 Å². The minimum Gasteiger partial charge on any atom is -0.744 e. The van der Waals surface area contributed by atoms with E-state index in [2.05, 4.69) is 4.18 Å². The van der Waals surface area contributed by atoms with Crippen LogP contribution in [-0.4, -0.2) is 28.5 Å². The molecule has 0 heterocycles. The molecular weight excluding hydrogens is 377 g/mol. The van der Waals surface area contributed by atoms with E-state index in [4.69, 9.17) is 0 Å². The predicted octanol–water partition coefficient (Wildman–Crippen LogP) is -3.07. The van der Waals surface area contributed by atoms with Crippen LogP contribution in [0, 0.1) is 0 Å². The van der Waals surface area contributed by atoms with E-state index in [1.807, 2.05) is 0 Å². The van der Waals surface area contributed by atoms with Crippen molar-refractivity contribution in [2.24, 2.45) is 0 Å². The molecular formula is C7H7CsO6S2. The van der Waals surface area contributed by atoms with Gasteiger partial charge in [0, 0.05) is 0 Å². The van der Waals surface area contributed by atoms with Crippen LogP contribution in [0.5, 0.6) is 0 Å². The zero-order chi connectivity index (χ0) is 11.7. The van der Waals surface area contributed by atoms with E-state index >= 15 is 0 Å². The van der Waals surface area contributed by atoms with E-state index in [0.29, 0.717) is 0 Å². The van der Waals surface area contributed by atoms with Crippen LogP contribution >= 0.6 is 0 Å². The summed E-state index contributed by atoms with van der Waals surface area (Å²) in [5, 5.41) is 0. The first-order chi connectivity index (χ1) is 6.79. The van der Waals surface area contributed by atoms with E-state index in [9.17, 15) is 21.4 Å². The average molecular weight is 384 g/mol. The average Bonchev–Trinajstić information content (AvgIpc) is 2.16. The predicted molar refractivity (Wildman–Crippen MR) is 48.6 cm³/mol. The molecule has 0 N–H and O–H groups in total. The van der Waals surface area contributed by atoms with Gasteiger partial charge >= 0.3 is 68.9 Å². The second-order valence-corrected chi connectivity index (χ2v) is 5.55. The van der Waals surface area contributed by atoms with Gasteiger partial charge in [-0.25, -0.2) is 8.42 Å². The Labute approximate surface area is 153 Å². The molecule has 0 bridgehead atoms. The molecule has 1 rings (SSSR count). The fourth-order valence-corrected chi connectivity index (χ4v) is 2.86. The van der Waals surface area contributed by atoms with Crippen LogP contribution in [0.15, 0.2) is 34.1 Å². The summed E-state index contributed by atoms with van der Waals surface area (Å²) in [6.45, 7) is 0. The molecule has 0 saturated carbocycles. The number of benzene rings is 1. The van der Waals surface area contributed by atoms with Crippen molar-refractivity contribution in [2.45, 2.75) is 9.79 Å². The molecule has 0 aromatic heterocycles. The fourth-order valence-electron chi connectivity index (χ4n) is 0.953. The van der Waals surface area contributed by atoms with Gasteiger partial charge in [-0.3, -0.25) is 4.18 Å². The smallest absolute Gasteiger partial charge is 0.744 e. The van der Waals surface area contributed by atoms with Gasteiger partial charge in [0.25, 0.3) is 10.1 Å². The van der Waals surface area contributed by atoms with Gasteiger partial charge in [0.2, 0.25) is 0 Å². The molecule has 6 nitrogen and oxygen atoms in total. The maximum Gasteiger partial charge on any atom is 1.00 e. The Morgan fingerprint density at radius 1 is 1.06 bits per heavy atom. The molecule has 84 valence electrons. The molecule has 0 atom stereocenters. The Balaban J connectivity index is 0.00000225. The van der Waals surface area contributed by atoms with Crippen molar-refractivity contribution in [3.63, 3.8) is 0 Å². The SMILES string of the molecule is COS(=O)(=O)c1ccccc1S(=O)(=O)[O-].[Cs+]. The van der Waals surface area contributed by atoms with Crippen LogP contribution in [-0.2, 0) is 24.4 Å². The second-order valence-electron chi connectivity index (χ2n) is 2.52. The summed E-state index contributed by atoms with van der Waals surface area (Å²) in [6, 6.07) is 4.44. The van der Waals surface area contributed by atoms with Crippen molar-refractivity contribution in [1.82, 2.24) is 0 Å². The monoisotopic (exact) mass is 384 g/mol. The van der Waals surface area contributed by atoms with Gasteiger partial charge < -0.3 is 4.55 Å². The summed E-state index contributed by atoms with van der Waals surface area (Å²) in [6.07, 6.45) is 0. The zero-order valence-electron chi connectivity index (χ0n) is 8.58. The number of rotatable bonds is 3. The summed E-state index contributed by atoms with van der Waals surface area (Å²) in [4.78, 5) is -1.46. The van der Waals surface area contributed by atoms with Crippen LogP contribution in [0.2, 0.25) is 0 Å². The zero-order valence-corrected chi connectivity index (χ0v) is 16.5. The number of hydrogen-bond acceptors (Lipinski definition) is 6. The third kappa shape index (κ3) is 4.08. The first-order valence-electron chi connectivity index (χ1n) is 3.64. The molecule has 16 heavy (non-hydrogen) atoms. The molecule has 0 aliphatic heterocycles. The van der Waals surface area contributed by atoms with Crippen molar-refractivity contribution in [1.29, 1.82) is 0 Å². The molecule has 0 amide bonds. The van der Waals surface area contributed by atoms with Crippen molar-refractivity contribution in [3.05, 3.63) is 24.3 Å². The molecule has 0 spiro atoms. The second kappa shape index (κ2) is 6.31. The van der Waals surface area contributed by atoms with Crippen molar-refractivity contribution in [3.8, 4) is 0 Å². The van der Waals surface area contributed by atoms with E-state index in [1.165, 1.54) is 12.1 Å². The molecule has 1 aromatic rings. The molecule has 0 fully saturated rings. The largest absolute Gasteiger partial charge is 1.00 e. The Hall–Kier alpha value is 1.09. The van der Waals surface area contributed by atoms with Crippen molar-refractivity contribution < 1.29 is 94.5 Å². The van der Waals surface area contributed by atoms with Gasteiger partial charge in [0.1, 0.15) is 15.0 Å². The summed E-state index contributed by atoms with van der Waals surface area (Å²) in [7, 11) is -8.15. The Morgan fingerprint density at radius 2 is 1.50 bits per heavy atom. The van der Waals surface area contributed by atoms with Gasteiger partial charge in [-0.1, -0.05) is 12.1 Å². The van der Waals surface area contributed by atoms with Gasteiger partial charge in [0.15, 0.2) is 0 Å². The van der Waals surface area contributed by atoms with Gasteiger partial charge in [-0.15, -0.1) is 0 Å². The Kier molecular flexibility index (Phi) is 6.75. The fraction of sp³-hybridized carbons (Fsp3) is 0.143. The molecule has 0 unspecified atom stereocenters. The minimum atomic E-state index is -4.84. The first-order valence-corrected chi connectivity index (χ1v) is 6.46. The third-order valence-electron chi connectivity index (χ3n) is 1.61. The summed E-state index contributed by atoms with van der Waals surface area (Å²) < 4.78 is 58.8. The first kappa shape index (κ1) is 17.1. The van der Waals surface area contributed by atoms with E-state index < -0.39 is 30.0 Å². The number of hydrogen-bond donors (Lipinski definition) is 0. The normalized spacial score (nSPS) is 11.9. The standard InChI is InChI=1S/C7H8O6S2.Cs/c1-13-15(11,12)7-5-3-2-4-6(7)14(8,9)10;/h2-5H,1H3,(H,8,9,10);/q;+1/p-1. The maximum atomic E-state index is 11.2. The molecule has 1 aromatic carbocycles. The van der Waals surface area contributed by atoms with Crippen LogP contribution in [0.25, 0.3) is 0 Å². The quantitative estimate of drug-likeness (QED) is 0.405. The van der Waals surface area contributed by atoms with Gasteiger partial charge in [-0.2, -0.15) is 8.42 Å². The summed E-state index contributed by atoms with van der Waals surface area (Å²) in [5.74, 6) is 0.